The minimum atomic E-state index is -4.65. The smallest absolute Gasteiger partial charge is 0.223 e. The Labute approximate surface area is 58.4 Å². The third kappa shape index (κ3) is 9.54. The number of hydrogen-bond donors (Lipinski definition) is 0. The Bertz CT molecular complexity index is 98.7. The van der Waals surface area contributed by atoms with Crippen molar-refractivity contribution in [1.82, 2.24) is 5.32 Å². The van der Waals surface area contributed by atoms with Gasteiger partial charge in [0.1, 0.15) is 13.1 Å². The van der Waals surface area contributed by atoms with E-state index >= 15 is 0 Å². The standard InChI is InChI=1S/C4H4F6N/c5-3(6,7)1-11-2-4(8,9)10/h1-2H2. The lowest BCUT2D eigenvalue weighted by atomic mass is 10.5. The Hall–Kier alpha value is -0.460. The third-order valence-electron chi connectivity index (χ3n) is 0.582. The topological polar surface area (TPSA) is 14.1 Å². The van der Waals surface area contributed by atoms with Gasteiger partial charge in [0.25, 0.3) is 0 Å². The van der Waals surface area contributed by atoms with Gasteiger partial charge in [-0.05, 0) is 0 Å². The van der Waals surface area contributed by atoms with E-state index in [0.29, 0.717) is 0 Å². The van der Waals surface area contributed by atoms with Crippen LogP contribution in [0.25, 0.3) is 0 Å². The first-order valence-corrected chi connectivity index (χ1v) is 2.47. The zero-order valence-corrected chi connectivity index (χ0v) is 5.13. The molecule has 0 fully saturated rings. The van der Waals surface area contributed by atoms with Crippen LogP contribution in [-0.4, -0.2) is 25.4 Å². The van der Waals surface area contributed by atoms with Crippen molar-refractivity contribution in [3.05, 3.63) is 0 Å². The predicted octanol–water partition coefficient (Wildman–Crippen LogP) is 1.72. The highest BCUT2D eigenvalue weighted by Crippen LogP contribution is 2.16. The molecule has 0 aliphatic carbocycles. The maximum Gasteiger partial charge on any atom is 0.402 e. The van der Waals surface area contributed by atoms with Crippen molar-refractivity contribution in [3.8, 4) is 0 Å². The first kappa shape index (κ1) is 10.5. The molecule has 0 rings (SSSR count). The summed E-state index contributed by atoms with van der Waals surface area (Å²) in [4.78, 5) is 0. The van der Waals surface area contributed by atoms with E-state index in [1.807, 2.05) is 0 Å². The van der Waals surface area contributed by atoms with Crippen molar-refractivity contribution in [1.29, 1.82) is 0 Å². The van der Waals surface area contributed by atoms with E-state index in [-0.39, 0.29) is 0 Å². The quantitative estimate of drug-likeness (QED) is 0.574. The summed E-state index contributed by atoms with van der Waals surface area (Å²) < 4.78 is 67.0. The van der Waals surface area contributed by atoms with Gasteiger partial charge in [-0.25, -0.2) is 5.32 Å². The molecule has 0 bridgehead atoms. The van der Waals surface area contributed by atoms with Crippen LogP contribution < -0.4 is 5.32 Å². The molecule has 0 aromatic rings. The maximum atomic E-state index is 11.2. The van der Waals surface area contributed by atoms with Crippen molar-refractivity contribution < 1.29 is 26.3 Å². The molecule has 11 heavy (non-hydrogen) atoms. The molecule has 0 unspecified atom stereocenters. The van der Waals surface area contributed by atoms with Crippen molar-refractivity contribution in [3.63, 3.8) is 0 Å². The highest BCUT2D eigenvalue weighted by Gasteiger charge is 2.32. The Morgan fingerprint density at radius 1 is 0.727 bits per heavy atom. The van der Waals surface area contributed by atoms with Crippen molar-refractivity contribution in [2.45, 2.75) is 12.4 Å². The lowest BCUT2D eigenvalue weighted by molar-refractivity contribution is -0.146. The van der Waals surface area contributed by atoms with Gasteiger partial charge < -0.3 is 0 Å². The first-order valence-electron chi connectivity index (χ1n) is 2.47. The van der Waals surface area contributed by atoms with Gasteiger partial charge in [-0.1, -0.05) is 0 Å². The van der Waals surface area contributed by atoms with E-state index in [1.54, 1.807) is 0 Å². The Morgan fingerprint density at radius 3 is 1.18 bits per heavy atom. The van der Waals surface area contributed by atoms with Crippen LogP contribution in [0.15, 0.2) is 0 Å². The molecule has 0 aromatic carbocycles. The monoisotopic (exact) mass is 180 g/mol. The second-order valence-corrected chi connectivity index (χ2v) is 1.77. The van der Waals surface area contributed by atoms with E-state index < -0.39 is 25.4 Å². The molecule has 0 amide bonds. The molecule has 67 valence electrons. The molecule has 0 spiro atoms. The van der Waals surface area contributed by atoms with Crippen LogP contribution in [0, 0.1) is 0 Å². The molecule has 0 aromatic heterocycles. The second-order valence-electron chi connectivity index (χ2n) is 1.77. The summed E-state index contributed by atoms with van der Waals surface area (Å²) in [6.07, 6.45) is -9.30. The van der Waals surface area contributed by atoms with Gasteiger partial charge in [-0.15, -0.1) is 0 Å². The van der Waals surface area contributed by atoms with E-state index in [4.69, 9.17) is 0 Å². The summed E-state index contributed by atoms with van der Waals surface area (Å²) in [6.45, 7) is -3.49. The average Bonchev–Trinajstić information content (AvgIpc) is 1.55. The lowest BCUT2D eigenvalue weighted by Gasteiger charge is -2.07. The summed E-state index contributed by atoms with van der Waals surface area (Å²) in [7, 11) is 0. The van der Waals surface area contributed by atoms with Gasteiger partial charge in [0.15, 0.2) is 0 Å². The minimum absolute atomic E-state index is 1.74. The molecule has 1 nitrogen and oxygen atoms in total. The van der Waals surface area contributed by atoms with E-state index in [0.717, 1.165) is 0 Å². The molecule has 7 heteroatoms. The fraction of sp³-hybridized carbons (Fsp3) is 1.00. The number of halogens is 6. The lowest BCUT2D eigenvalue weighted by Crippen LogP contribution is -2.30. The number of rotatable bonds is 2. The van der Waals surface area contributed by atoms with Gasteiger partial charge in [-0.3, -0.25) is 0 Å². The van der Waals surface area contributed by atoms with Crippen LogP contribution >= 0.6 is 0 Å². The third-order valence-corrected chi connectivity index (χ3v) is 0.582. The summed E-state index contributed by atoms with van der Waals surface area (Å²) in [5.74, 6) is 0. The molecule has 0 aliphatic heterocycles. The van der Waals surface area contributed by atoms with E-state index in [9.17, 15) is 26.3 Å². The largest absolute Gasteiger partial charge is 0.402 e. The highest BCUT2D eigenvalue weighted by atomic mass is 19.4. The van der Waals surface area contributed by atoms with Crippen LogP contribution in [-0.2, 0) is 0 Å². The van der Waals surface area contributed by atoms with Crippen molar-refractivity contribution in [2.75, 3.05) is 13.1 Å². The van der Waals surface area contributed by atoms with E-state index in [1.165, 1.54) is 0 Å². The highest BCUT2D eigenvalue weighted by molar-refractivity contribution is 4.59. The van der Waals surface area contributed by atoms with Gasteiger partial charge in [0.05, 0.1) is 0 Å². The van der Waals surface area contributed by atoms with Gasteiger partial charge >= 0.3 is 12.4 Å². The Morgan fingerprint density at radius 2 is 1.00 bits per heavy atom. The molecule has 0 aliphatic rings. The van der Waals surface area contributed by atoms with E-state index in [2.05, 4.69) is 5.32 Å². The zero-order valence-electron chi connectivity index (χ0n) is 5.13. The van der Waals surface area contributed by atoms with Crippen LogP contribution in [0.3, 0.4) is 0 Å². The number of hydrogen-bond acceptors (Lipinski definition) is 0. The van der Waals surface area contributed by atoms with Gasteiger partial charge in [0, 0.05) is 0 Å². The number of alkyl halides is 6. The van der Waals surface area contributed by atoms with Gasteiger partial charge in [0.2, 0.25) is 0 Å². The average molecular weight is 180 g/mol. The molecule has 0 heterocycles. The minimum Gasteiger partial charge on any atom is -0.223 e. The van der Waals surface area contributed by atoms with Crippen LogP contribution in [0.2, 0.25) is 0 Å². The molecule has 0 N–H and O–H groups in total. The zero-order chi connectivity index (χ0) is 9.12. The summed E-state index contributed by atoms with van der Waals surface area (Å²) in [6, 6.07) is 0. The maximum absolute atomic E-state index is 11.2. The molecule has 0 saturated heterocycles. The van der Waals surface area contributed by atoms with Gasteiger partial charge in [-0.2, -0.15) is 26.3 Å². The SMILES string of the molecule is FC(F)(F)C[N]CC(F)(F)F. The molecular formula is C4H4F6N. The van der Waals surface area contributed by atoms with Crippen LogP contribution in [0.4, 0.5) is 26.3 Å². The fourth-order valence-corrected chi connectivity index (χ4v) is 0.309. The Balaban J connectivity index is 3.44. The summed E-state index contributed by atoms with van der Waals surface area (Å²) >= 11 is 0. The molecule has 0 atom stereocenters. The van der Waals surface area contributed by atoms with Crippen LogP contribution in [0.5, 0.6) is 0 Å². The molecule has 1 radical (unpaired) electrons. The summed E-state index contributed by atoms with van der Waals surface area (Å²) in [5.41, 5.74) is 0. The van der Waals surface area contributed by atoms with Crippen molar-refractivity contribution in [2.24, 2.45) is 0 Å². The second kappa shape index (κ2) is 3.29. The Kier molecular flexibility index (Phi) is 3.15. The molecule has 0 saturated carbocycles. The van der Waals surface area contributed by atoms with Crippen molar-refractivity contribution >= 4 is 0 Å². The summed E-state index contributed by atoms with van der Waals surface area (Å²) in [5, 5.41) is 2.26. The first-order chi connectivity index (χ1) is 4.71. The molecular weight excluding hydrogens is 176 g/mol. The fourth-order valence-electron chi connectivity index (χ4n) is 0.309. The normalized spacial score (nSPS) is 13.6. The van der Waals surface area contributed by atoms with Crippen LogP contribution in [0.1, 0.15) is 0 Å². The number of nitrogens with zero attached hydrogens (tertiary/aromatic N) is 1. The predicted molar refractivity (Wildman–Crippen MR) is 24.0 cm³/mol.